The highest BCUT2D eigenvalue weighted by Gasteiger charge is 2.58. The van der Waals surface area contributed by atoms with Crippen LogP contribution in [0, 0.1) is 17.3 Å². The molecular weight excluding hydrogens is 212 g/mol. The Hall–Kier alpha value is -0.340. The van der Waals surface area contributed by atoms with E-state index in [1.807, 2.05) is 6.92 Å². The van der Waals surface area contributed by atoms with Gasteiger partial charge in [0.05, 0.1) is 11.7 Å². The molecule has 2 nitrogen and oxygen atoms in total. The van der Waals surface area contributed by atoms with Gasteiger partial charge in [-0.15, -0.1) is 0 Å². The van der Waals surface area contributed by atoms with Crippen molar-refractivity contribution in [3.63, 3.8) is 0 Å². The van der Waals surface area contributed by atoms with Crippen LogP contribution in [0.2, 0.25) is 0 Å². The first-order chi connectivity index (χ1) is 7.77. The zero-order valence-corrected chi connectivity index (χ0v) is 11.5. The highest BCUT2D eigenvalue weighted by atomic mass is 16.3. The van der Waals surface area contributed by atoms with Crippen LogP contribution in [0.1, 0.15) is 53.4 Å². The zero-order valence-electron chi connectivity index (χ0n) is 11.5. The molecule has 0 radical (unpaired) electrons. The van der Waals surface area contributed by atoms with Crippen LogP contribution in [-0.4, -0.2) is 21.9 Å². The predicted molar refractivity (Wildman–Crippen MR) is 69.6 cm³/mol. The number of aliphatic hydroxyl groups excluding tert-OH is 1. The SMILES string of the molecule is CC(C)=C[C@@H]1CC[C@@]2(C)C1[C@](C)(O)CC[C@@H]2O. The molecule has 5 atom stereocenters. The maximum absolute atomic E-state index is 10.7. The fourth-order valence-electron chi connectivity index (χ4n) is 4.36. The third kappa shape index (κ3) is 2.06. The van der Waals surface area contributed by atoms with Crippen LogP contribution < -0.4 is 0 Å². The lowest BCUT2D eigenvalue weighted by molar-refractivity contribution is -0.143. The molecule has 0 aromatic carbocycles. The maximum Gasteiger partial charge on any atom is 0.0660 e. The molecule has 0 amide bonds. The number of fused-ring (bicyclic) bond motifs is 1. The van der Waals surface area contributed by atoms with E-state index in [1.54, 1.807) is 0 Å². The molecule has 2 aliphatic rings. The van der Waals surface area contributed by atoms with Gasteiger partial charge in [0.15, 0.2) is 0 Å². The lowest BCUT2D eigenvalue weighted by Gasteiger charge is -2.50. The summed E-state index contributed by atoms with van der Waals surface area (Å²) < 4.78 is 0. The van der Waals surface area contributed by atoms with Crippen molar-refractivity contribution < 1.29 is 10.2 Å². The normalized spacial score (nSPS) is 49.9. The van der Waals surface area contributed by atoms with Crippen LogP contribution in [-0.2, 0) is 0 Å². The van der Waals surface area contributed by atoms with Gasteiger partial charge < -0.3 is 10.2 Å². The van der Waals surface area contributed by atoms with E-state index in [1.165, 1.54) is 5.57 Å². The molecule has 2 fully saturated rings. The summed E-state index contributed by atoms with van der Waals surface area (Å²) in [7, 11) is 0. The van der Waals surface area contributed by atoms with Gasteiger partial charge in [-0.05, 0) is 57.8 Å². The summed E-state index contributed by atoms with van der Waals surface area (Å²) in [5, 5.41) is 21.0. The fourth-order valence-corrected chi connectivity index (χ4v) is 4.36. The van der Waals surface area contributed by atoms with Crippen molar-refractivity contribution in [2.45, 2.75) is 65.1 Å². The molecule has 0 aromatic heterocycles. The number of allylic oxidation sites excluding steroid dienone is 2. The van der Waals surface area contributed by atoms with Crippen LogP contribution in [0.25, 0.3) is 0 Å². The second-order valence-corrected chi connectivity index (χ2v) is 6.84. The first-order valence-electron chi connectivity index (χ1n) is 6.83. The Kier molecular flexibility index (Phi) is 3.16. The molecule has 17 heavy (non-hydrogen) atoms. The first kappa shape index (κ1) is 13.1. The molecule has 0 saturated heterocycles. The third-order valence-electron chi connectivity index (χ3n) is 5.06. The summed E-state index contributed by atoms with van der Waals surface area (Å²) >= 11 is 0. The summed E-state index contributed by atoms with van der Waals surface area (Å²) in [5.41, 5.74) is 0.592. The largest absolute Gasteiger partial charge is 0.393 e. The molecule has 0 aliphatic heterocycles. The topological polar surface area (TPSA) is 40.5 Å². The minimum atomic E-state index is -0.624. The van der Waals surface area contributed by atoms with E-state index in [9.17, 15) is 10.2 Å². The number of aliphatic hydroxyl groups is 2. The molecule has 0 bridgehead atoms. The number of hydrogen-bond acceptors (Lipinski definition) is 2. The van der Waals surface area contributed by atoms with Crippen molar-refractivity contribution in [1.29, 1.82) is 0 Å². The highest BCUT2D eigenvalue weighted by Crippen LogP contribution is 2.58. The average molecular weight is 238 g/mol. The van der Waals surface area contributed by atoms with Gasteiger partial charge >= 0.3 is 0 Å². The molecule has 2 saturated carbocycles. The molecule has 1 unspecified atom stereocenters. The van der Waals surface area contributed by atoms with Crippen molar-refractivity contribution in [2.24, 2.45) is 17.3 Å². The van der Waals surface area contributed by atoms with Gasteiger partial charge in [0, 0.05) is 5.92 Å². The van der Waals surface area contributed by atoms with Gasteiger partial charge in [0.1, 0.15) is 0 Å². The van der Waals surface area contributed by atoms with Crippen molar-refractivity contribution in [2.75, 3.05) is 0 Å². The molecular formula is C15H26O2. The smallest absolute Gasteiger partial charge is 0.0660 e. The molecule has 2 rings (SSSR count). The minimum absolute atomic E-state index is 0.0988. The van der Waals surface area contributed by atoms with Gasteiger partial charge in [0.25, 0.3) is 0 Å². The molecule has 2 aliphatic carbocycles. The molecule has 2 N–H and O–H groups in total. The summed E-state index contributed by atoms with van der Waals surface area (Å²) in [4.78, 5) is 0. The fraction of sp³-hybridized carbons (Fsp3) is 0.867. The molecule has 98 valence electrons. The Morgan fingerprint density at radius 1 is 1.18 bits per heavy atom. The quantitative estimate of drug-likeness (QED) is 0.690. The minimum Gasteiger partial charge on any atom is -0.393 e. The Balaban J connectivity index is 2.35. The summed E-state index contributed by atoms with van der Waals surface area (Å²) in [6.45, 7) is 8.35. The van der Waals surface area contributed by atoms with E-state index in [0.29, 0.717) is 5.92 Å². The number of hydrogen-bond donors (Lipinski definition) is 2. The number of rotatable bonds is 1. The van der Waals surface area contributed by atoms with E-state index >= 15 is 0 Å². The van der Waals surface area contributed by atoms with Gasteiger partial charge in [-0.3, -0.25) is 0 Å². The van der Waals surface area contributed by atoms with E-state index < -0.39 is 5.60 Å². The molecule has 0 heterocycles. The van der Waals surface area contributed by atoms with Crippen molar-refractivity contribution in [3.8, 4) is 0 Å². The second kappa shape index (κ2) is 4.10. The standard InChI is InChI=1S/C15H26O2/c1-10(2)9-11-5-7-14(3)12(16)6-8-15(4,17)13(11)14/h9,11-13,16-17H,5-8H2,1-4H3/t11-,12-,13?,14+,15+/m0/s1. The van der Waals surface area contributed by atoms with Gasteiger partial charge in [-0.2, -0.15) is 0 Å². The maximum atomic E-state index is 10.7. The Labute approximate surface area is 105 Å². The highest BCUT2D eigenvalue weighted by molar-refractivity contribution is 5.14. The van der Waals surface area contributed by atoms with E-state index in [4.69, 9.17) is 0 Å². The Morgan fingerprint density at radius 3 is 2.41 bits per heavy atom. The second-order valence-electron chi connectivity index (χ2n) is 6.84. The van der Waals surface area contributed by atoms with Crippen LogP contribution in [0.3, 0.4) is 0 Å². The zero-order chi connectivity index (χ0) is 12.8. The van der Waals surface area contributed by atoms with Gasteiger partial charge in [-0.1, -0.05) is 18.6 Å². The monoisotopic (exact) mass is 238 g/mol. The first-order valence-corrected chi connectivity index (χ1v) is 6.83. The summed E-state index contributed by atoms with van der Waals surface area (Å²) in [5.74, 6) is 0.628. The van der Waals surface area contributed by atoms with Gasteiger partial charge in [-0.25, -0.2) is 0 Å². The van der Waals surface area contributed by atoms with Crippen molar-refractivity contribution in [1.82, 2.24) is 0 Å². The average Bonchev–Trinajstić information content (AvgIpc) is 2.52. The lowest BCUT2D eigenvalue weighted by Crippen LogP contribution is -2.53. The van der Waals surface area contributed by atoms with Crippen LogP contribution >= 0.6 is 0 Å². The van der Waals surface area contributed by atoms with Crippen LogP contribution in [0.5, 0.6) is 0 Å². The molecule has 2 heteroatoms. The van der Waals surface area contributed by atoms with E-state index in [-0.39, 0.29) is 17.4 Å². The van der Waals surface area contributed by atoms with Crippen LogP contribution in [0.15, 0.2) is 11.6 Å². The predicted octanol–water partition coefficient (Wildman–Crippen LogP) is 2.89. The van der Waals surface area contributed by atoms with E-state index in [0.717, 1.165) is 25.7 Å². The van der Waals surface area contributed by atoms with Gasteiger partial charge in [0.2, 0.25) is 0 Å². The molecule has 0 spiro atoms. The van der Waals surface area contributed by atoms with Crippen molar-refractivity contribution >= 4 is 0 Å². The van der Waals surface area contributed by atoms with Crippen molar-refractivity contribution in [3.05, 3.63) is 11.6 Å². The molecule has 0 aromatic rings. The lowest BCUT2D eigenvalue weighted by atomic mass is 9.59. The van der Waals surface area contributed by atoms with Crippen LogP contribution in [0.4, 0.5) is 0 Å². The summed E-state index contributed by atoms with van der Waals surface area (Å²) in [6, 6.07) is 0. The summed E-state index contributed by atoms with van der Waals surface area (Å²) in [6.07, 6.45) is 5.64. The third-order valence-corrected chi connectivity index (χ3v) is 5.06. The Morgan fingerprint density at radius 2 is 1.82 bits per heavy atom. The van der Waals surface area contributed by atoms with E-state index in [2.05, 4.69) is 26.8 Å². The Bertz CT molecular complexity index is 328.